The van der Waals surface area contributed by atoms with Crippen molar-refractivity contribution in [1.29, 1.82) is 0 Å². The largest absolute Gasteiger partial charge is 0.366 e. The lowest BCUT2D eigenvalue weighted by Gasteiger charge is -2.41. The molecule has 24 heavy (non-hydrogen) atoms. The van der Waals surface area contributed by atoms with Crippen LogP contribution in [-0.2, 0) is 0 Å². The summed E-state index contributed by atoms with van der Waals surface area (Å²) in [6.45, 7) is 13.1. The van der Waals surface area contributed by atoms with E-state index in [1.807, 2.05) is 24.6 Å². The van der Waals surface area contributed by atoms with E-state index in [2.05, 4.69) is 41.1 Å². The van der Waals surface area contributed by atoms with E-state index in [9.17, 15) is 0 Å². The van der Waals surface area contributed by atoms with Crippen LogP contribution in [0, 0.1) is 13.8 Å². The Hall–Kier alpha value is -1.95. The molecule has 0 spiro atoms. The highest BCUT2D eigenvalue weighted by Crippen LogP contribution is 2.22. The van der Waals surface area contributed by atoms with E-state index in [1.54, 1.807) is 12.4 Å². The fourth-order valence-corrected chi connectivity index (χ4v) is 3.29. The predicted octanol–water partition coefficient (Wildman–Crippen LogP) is 2.95. The van der Waals surface area contributed by atoms with Gasteiger partial charge in [0.05, 0.1) is 18.1 Å². The lowest BCUT2D eigenvalue weighted by atomic mass is 9.98. The van der Waals surface area contributed by atoms with E-state index in [0.717, 1.165) is 49.0 Å². The number of nitrogens with zero attached hydrogens (tertiary/aromatic N) is 5. The van der Waals surface area contributed by atoms with Crippen LogP contribution in [-0.4, -0.2) is 49.3 Å². The van der Waals surface area contributed by atoms with Gasteiger partial charge in [0.15, 0.2) is 5.82 Å². The van der Waals surface area contributed by atoms with E-state index in [-0.39, 0.29) is 5.54 Å². The van der Waals surface area contributed by atoms with Crippen LogP contribution in [0.4, 0.5) is 5.82 Å². The number of aromatic nitrogens is 4. The summed E-state index contributed by atoms with van der Waals surface area (Å²) < 4.78 is 1.84. The van der Waals surface area contributed by atoms with Crippen LogP contribution in [0.25, 0.3) is 5.82 Å². The molecular formula is C18H28N6. The number of rotatable bonds is 3. The minimum absolute atomic E-state index is 0.250. The molecule has 0 atom stereocenters. The Morgan fingerprint density at radius 1 is 1.12 bits per heavy atom. The molecule has 3 rings (SSSR count). The molecule has 0 saturated carbocycles. The molecule has 1 saturated heterocycles. The number of likely N-dealkylation sites (tertiary alicyclic amines) is 1. The highest BCUT2D eigenvalue weighted by Gasteiger charge is 2.27. The fraction of sp³-hybridized carbons (Fsp3) is 0.611. The van der Waals surface area contributed by atoms with Crippen molar-refractivity contribution in [2.45, 2.75) is 59.0 Å². The van der Waals surface area contributed by atoms with Gasteiger partial charge in [0.1, 0.15) is 5.82 Å². The third kappa shape index (κ3) is 3.75. The average Bonchev–Trinajstić information content (AvgIpc) is 2.86. The Balaban J connectivity index is 1.67. The minimum Gasteiger partial charge on any atom is -0.366 e. The first-order chi connectivity index (χ1) is 11.3. The van der Waals surface area contributed by atoms with Gasteiger partial charge in [-0.1, -0.05) is 0 Å². The number of nitrogens with one attached hydrogen (secondary N) is 1. The Morgan fingerprint density at radius 3 is 2.42 bits per heavy atom. The van der Waals surface area contributed by atoms with Crippen LogP contribution in [0.15, 0.2) is 18.5 Å². The normalized spacial score (nSPS) is 17.2. The van der Waals surface area contributed by atoms with Gasteiger partial charge in [-0.05, 0) is 53.5 Å². The number of hydrogen-bond acceptors (Lipinski definition) is 5. The number of anilines is 1. The molecule has 130 valence electrons. The topological polar surface area (TPSA) is 58.9 Å². The average molecular weight is 328 g/mol. The second kappa shape index (κ2) is 6.51. The standard InChI is InChI=1S/C18H28N6/c1-13-10-14(2)24(22-13)17-12-19-11-16(21-17)20-15-6-8-23(9-7-15)18(3,4)5/h10-12,15H,6-9H2,1-5H3,(H,20,21). The first-order valence-corrected chi connectivity index (χ1v) is 8.70. The summed E-state index contributed by atoms with van der Waals surface area (Å²) in [5.41, 5.74) is 2.31. The summed E-state index contributed by atoms with van der Waals surface area (Å²) >= 11 is 0. The van der Waals surface area contributed by atoms with Crippen LogP contribution in [0.3, 0.4) is 0 Å². The van der Waals surface area contributed by atoms with Crippen LogP contribution in [0.2, 0.25) is 0 Å². The highest BCUT2D eigenvalue weighted by molar-refractivity contribution is 5.37. The van der Waals surface area contributed by atoms with E-state index in [4.69, 9.17) is 4.98 Å². The summed E-state index contributed by atoms with van der Waals surface area (Å²) in [5, 5.41) is 8.03. The molecule has 1 aliphatic heterocycles. The summed E-state index contributed by atoms with van der Waals surface area (Å²) in [7, 11) is 0. The maximum absolute atomic E-state index is 4.69. The highest BCUT2D eigenvalue weighted by atomic mass is 15.3. The van der Waals surface area contributed by atoms with Crippen molar-refractivity contribution in [2.75, 3.05) is 18.4 Å². The van der Waals surface area contributed by atoms with Crippen molar-refractivity contribution in [2.24, 2.45) is 0 Å². The smallest absolute Gasteiger partial charge is 0.174 e. The van der Waals surface area contributed by atoms with Gasteiger partial charge in [0.2, 0.25) is 0 Å². The van der Waals surface area contributed by atoms with E-state index >= 15 is 0 Å². The maximum atomic E-state index is 4.69. The molecular weight excluding hydrogens is 300 g/mol. The van der Waals surface area contributed by atoms with Crippen molar-refractivity contribution in [3.05, 3.63) is 29.8 Å². The number of piperidine rings is 1. The quantitative estimate of drug-likeness (QED) is 0.939. The Kier molecular flexibility index (Phi) is 4.58. The van der Waals surface area contributed by atoms with Gasteiger partial charge in [-0.2, -0.15) is 5.10 Å². The Bertz CT molecular complexity index is 692. The van der Waals surface area contributed by atoms with Gasteiger partial charge in [-0.3, -0.25) is 9.88 Å². The fourth-order valence-electron chi connectivity index (χ4n) is 3.29. The van der Waals surface area contributed by atoms with Crippen molar-refractivity contribution in [3.63, 3.8) is 0 Å². The Labute approximate surface area is 144 Å². The molecule has 2 aromatic heterocycles. The molecule has 1 aliphatic rings. The van der Waals surface area contributed by atoms with Crippen molar-refractivity contribution in [3.8, 4) is 5.82 Å². The Morgan fingerprint density at radius 2 is 1.83 bits per heavy atom. The summed E-state index contributed by atoms with van der Waals surface area (Å²) in [4.78, 5) is 11.6. The SMILES string of the molecule is Cc1cc(C)n(-c2cncc(NC3CCN(C(C)(C)C)CC3)n2)n1. The van der Waals surface area contributed by atoms with Crippen molar-refractivity contribution < 1.29 is 0 Å². The molecule has 1 fully saturated rings. The second-order valence-electron chi connectivity index (χ2n) is 7.68. The van der Waals surface area contributed by atoms with Crippen molar-refractivity contribution >= 4 is 5.82 Å². The number of hydrogen-bond donors (Lipinski definition) is 1. The van der Waals surface area contributed by atoms with Gasteiger partial charge < -0.3 is 5.32 Å². The second-order valence-corrected chi connectivity index (χ2v) is 7.68. The lowest BCUT2D eigenvalue weighted by Crippen LogP contribution is -2.48. The first kappa shape index (κ1) is 16.9. The minimum atomic E-state index is 0.250. The zero-order valence-corrected chi connectivity index (χ0v) is 15.4. The zero-order chi connectivity index (χ0) is 17.3. The van der Waals surface area contributed by atoms with Gasteiger partial charge >= 0.3 is 0 Å². The van der Waals surface area contributed by atoms with Gasteiger partial charge in [0, 0.05) is 30.4 Å². The van der Waals surface area contributed by atoms with Crippen LogP contribution in [0.5, 0.6) is 0 Å². The monoisotopic (exact) mass is 328 g/mol. The molecule has 0 aromatic carbocycles. The molecule has 0 aliphatic carbocycles. The zero-order valence-electron chi connectivity index (χ0n) is 15.4. The summed E-state index contributed by atoms with van der Waals surface area (Å²) in [6.07, 6.45) is 5.81. The van der Waals surface area contributed by atoms with Crippen LogP contribution < -0.4 is 5.32 Å². The van der Waals surface area contributed by atoms with E-state index in [0.29, 0.717) is 6.04 Å². The lowest BCUT2D eigenvalue weighted by molar-refractivity contribution is 0.106. The third-order valence-corrected chi connectivity index (χ3v) is 4.64. The summed E-state index contributed by atoms with van der Waals surface area (Å²) in [6, 6.07) is 2.50. The van der Waals surface area contributed by atoms with Gasteiger partial charge in [-0.25, -0.2) is 9.67 Å². The van der Waals surface area contributed by atoms with Gasteiger partial charge in [-0.15, -0.1) is 0 Å². The molecule has 6 heteroatoms. The van der Waals surface area contributed by atoms with Crippen LogP contribution >= 0.6 is 0 Å². The molecule has 0 amide bonds. The maximum Gasteiger partial charge on any atom is 0.174 e. The van der Waals surface area contributed by atoms with Crippen molar-refractivity contribution in [1.82, 2.24) is 24.6 Å². The van der Waals surface area contributed by atoms with E-state index < -0.39 is 0 Å². The third-order valence-electron chi connectivity index (χ3n) is 4.64. The summed E-state index contributed by atoms with van der Waals surface area (Å²) in [5.74, 6) is 1.59. The van der Waals surface area contributed by atoms with E-state index in [1.165, 1.54) is 0 Å². The molecule has 1 N–H and O–H groups in total. The molecule has 2 aromatic rings. The molecule has 6 nitrogen and oxygen atoms in total. The first-order valence-electron chi connectivity index (χ1n) is 8.70. The van der Waals surface area contributed by atoms with Crippen LogP contribution in [0.1, 0.15) is 45.0 Å². The molecule has 0 unspecified atom stereocenters. The molecule has 3 heterocycles. The molecule has 0 bridgehead atoms. The predicted molar refractivity (Wildman–Crippen MR) is 96.6 cm³/mol. The number of aryl methyl sites for hydroxylation is 2. The van der Waals surface area contributed by atoms with Gasteiger partial charge in [0.25, 0.3) is 0 Å². The molecule has 0 radical (unpaired) electrons.